The lowest BCUT2D eigenvalue weighted by atomic mass is 9.88. The Morgan fingerprint density at radius 2 is 1.97 bits per heavy atom. The van der Waals surface area contributed by atoms with Crippen LogP contribution in [0.15, 0.2) is 53.6 Å². The second kappa shape index (κ2) is 9.24. The van der Waals surface area contributed by atoms with Crippen LogP contribution in [0.25, 0.3) is 5.57 Å². The number of rotatable bonds is 7. The van der Waals surface area contributed by atoms with Crippen molar-refractivity contribution in [2.75, 3.05) is 11.4 Å². The molecule has 1 N–H and O–H groups in total. The molecular weight excluding hydrogens is 377 g/mol. The minimum atomic E-state index is -0.345. The lowest BCUT2D eigenvalue weighted by Crippen LogP contribution is -2.45. The van der Waals surface area contributed by atoms with Gasteiger partial charge in [-0.25, -0.2) is 9.82 Å². The standard InChI is InChI=1S/C25H30FN3O/c1-5-13-29-23-15-22(26)20(14-21(23)18(2)16-25(29,3)4)17-27-28-24(30)12-11-19-9-7-6-8-10-19/h6-10,14-17H,5,11-13H2,1-4H3,(H,28,30)/b27-17+. The Morgan fingerprint density at radius 1 is 1.23 bits per heavy atom. The highest BCUT2D eigenvalue weighted by Gasteiger charge is 2.31. The van der Waals surface area contributed by atoms with E-state index in [2.05, 4.69) is 42.3 Å². The van der Waals surface area contributed by atoms with Crippen molar-refractivity contribution in [3.63, 3.8) is 0 Å². The normalized spacial score (nSPS) is 15.1. The molecule has 0 unspecified atom stereocenters. The number of benzene rings is 2. The molecule has 1 amide bonds. The maximum absolute atomic E-state index is 14.8. The van der Waals surface area contributed by atoms with Crippen LogP contribution in [0.5, 0.6) is 0 Å². The largest absolute Gasteiger partial charge is 0.362 e. The van der Waals surface area contributed by atoms with Crippen LogP contribution in [-0.2, 0) is 11.2 Å². The number of hydrogen-bond acceptors (Lipinski definition) is 3. The average molecular weight is 408 g/mol. The van der Waals surface area contributed by atoms with E-state index in [1.165, 1.54) is 6.21 Å². The van der Waals surface area contributed by atoms with Gasteiger partial charge in [-0.15, -0.1) is 0 Å². The topological polar surface area (TPSA) is 44.7 Å². The van der Waals surface area contributed by atoms with Crippen molar-refractivity contribution in [1.82, 2.24) is 5.43 Å². The number of carbonyl (C=O) groups is 1. The monoisotopic (exact) mass is 407 g/mol. The van der Waals surface area contributed by atoms with Crippen LogP contribution >= 0.6 is 0 Å². The first-order valence-electron chi connectivity index (χ1n) is 10.5. The summed E-state index contributed by atoms with van der Waals surface area (Å²) in [6, 6.07) is 13.2. The Hall–Kier alpha value is -2.95. The summed E-state index contributed by atoms with van der Waals surface area (Å²) in [4.78, 5) is 14.3. The van der Waals surface area contributed by atoms with Crippen molar-refractivity contribution in [2.45, 2.75) is 52.5 Å². The Balaban J connectivity index is 1.71. The van der Waals surface area contributed by atoms with Crippen molar-refractivity contribution in [3.05, 3.63) is 71.0 Å². The van der Waals surface area contributed by atoms with E-state index in [1.54, 1.807) is 6.07 Å². The van der Waals surface area contributed by atoms with Crippen molar-refractivity contribution in [3.8, 4) is 0 Å². The maximum Gasteiger partial charge on any atom is 0.240 e. The Kier molecular flexibility index (Phi) is 6.70. The number of carbonyl (C=O) groups excluding carboxylic acids is 1. The average Bonchev–Trinajstić information content (AvgIpc) is 2.71. The molecule has 0 fully saturated rings. The quantitative estimate of drug-likeness (QED) is 0.499. The first kappa shape index (κ1) is 21.8. The van der Waals surface area contributed by atoms with Crippen LogP contribution in [-0.4, -0.2) is 24.2 Å². The molecule has 0 bridgehead atoms. The summed E-state index contributed by atoms with van der Waals surface area (Å²) in [5, 5.41) is 3.97. The third-order valence-electron chi connectivity index (χ3n) is 5.42. The summed E-state index contributed by atoms with van der Waals surface area (Å²) in [5.74, 6) is -0.539. The van der Waals surface area contributed by atoms with Crippen LogP contribution in [0.4, 0.5) is 10.1 Å². The van der Waals surface area contributed by atoms with Crippen molar-refractivity contribution < 1.29 is 9.18 Å². The zero-order valence-corrected chi connectivity index (χ0v) is 18.2. The molecule has 3 rings (SSSR count). The number of amides is 1. The molecule has 0 radical (unpaired) electrons. The zero-order chi connectivity index (χ0) is 21.7. The van der Waals surface area contributed by atoms with Crippen LogP contribution in [0.1, 0.15) is 57.2 Å². The summed E-state index contributed by atoms with van der Waals surface area (Å²) in [6.45, 7) is 9.32. The Labute approximate surface area is 178 Å². The van der Waals surface area contributed by atoms with E-state index < -0.39 is 0 Å². The lowest BCUT2D eigenvalue weighted by Gasteiger charge is -2.43. The zero-order valence-electron chi connectivity index (χ0n) is 18.2. The molecule has 30 heavy (non-hydrogen) atoms. The highest BCUT2D eigenvalue weighted by molar-refractivity contribution is 5.88. The molecule has 0 saturated carbocycles. The van der Waals surface area contributed by atoms with Crippen LogP contribution in [0.3, 0.4) is 0 Å². The number of nitrogens with zero attached hydrogens (tertiary/aromatic N) is 2. The van der Waals surface area contributed by atoms with Crippen molar-refractivity contribution >= 4 is 23.4 Å². The van der Waals surface area contributed by atoms with Gasteiger partial charge in [-0.2, -0.15) is 5.10 Å². The molecule has 0 spiro atoms. The highest BCUT2D eigenvalue weighted by Crippen LogP contribution is 2.39. The highest BCUT2D eigenvalue weighted by atomic mass is 19.1. The van der Waals surface area contributed by atoms with E-state index in [4.69, 9.17) is 0 Å². The van der Waals surface area contributed by atoms with Crippen LogP contribution in [0.2, 0.25) is 0 Å². The summed E-state index contributed by atoms with van der Waals surface area (Å²) in [7, 11) is 0. The number of aryl methyl sites for hydroxylation is 1. The molecule has 0 saturated heterocycles. The van der Waals surface area contributed by atoms with Gasteiger partial charge in [-0.3, -0.25) is 4.79 Å². The molecular formula is C25H30FN3O. The minimum Gasteiger partial charge on any atom is -0.362 e. The fraction of sp³-hybridized carbons (Fsp3) is 0.360. The van der Waals surface area contributed by atoms with E-state index in [1.807, 2.05) is 43.3 Å². The van der Waals surface area contributed by atoms with Gasteiger partial charge in [0.2, 0.25) is 5.91 Å². The second-order valence-corrected chi connectivity index (χ2v) is 8.30. The molecule has 1 heterocycles. The van der Waals surface area contributed by atoms with Gasteiger partial charge in [-0.05, 0) is 56.9 Å². The Morgan fingerprint density at radius 3 is 2.67 bits per heavy atom. The van der Waals surface area contributed by atoms with Gasteiger partial charge in [0.15, 0.2) is 0 Å². The van der Waals surface area contributed by atoms with Crippen molar-refractivity contribution in [2.24, 2.45) is 5.10 Å². The third-order valence-corrected chi connectivity index (χ3v) is 5.42. The summed E-state index contributed by atoms with van der Waals surface area (Å²) in [5.41, 5.74) is 6.82. The van der Waals surface area contributed by atoms with Crippen LogP contribution < -0.4 is 10.3 Å². The smallest absolute Gasteiger partial charge is 0.240 e. The van der Waals surface area contributed by atoms with Gasteiger partial charge in [0.25, 0.3) is 0 Å². The first-order valence-corrected chi connectivity index (χ1v) is 10.5. The van der Waals surface area contributed by atoms with E-state index in [-0.39, 0.29) is 17.3 Å². The van der Waals surface area contributed by atoms with E-state index in [0.29, 0.717) is 18.4 Å². The molecule has 0 aromatic heterocycles. The van der Waals surface area contributed by atoms with Gasteiger partial charge in [0.05, 0.1) is 11.8 Å². The van der Waals surface area contributed by atoms with Gasteiger partial charge in [-0.1, -0.05) is 43.3 Å². The number of anilines is 1. The van der Waals surface area contributed by atoms with Gasteiger partial charge >= 0.3 is 0 Å². The van der Waals surface area contributed by atoms with Gasteiger partial charge in [0, 0.05) is 29.8 Å². The molecule has 4 nitrogen and oxygen atoms in total. The summed E-state index contributed by atoms with van der Waals surface area (Å²) >= 11 is 0. The third kappa shape index (κ3) is 4.96. The van der Waals surface area contributed by atoms with Gasteiger partial charge in [0.1, 0.15) is 5.82 Å². The second-order valence-electron chi connectivity index (χ2n) is 8.30. The first-order chi connectivity index (χ1) is 14.3. The molecule has 0 aliphatic carbocycles. The van der Waals surface area contributed by atoms with Crippen molar-refractivity contribution in [1.29, 1.82) is 0 Å². The number of hydrazone groups is 1. The molecule has 0 atom stereocenters. The molecule has 158 valence electrons. The van der Waals surface area contributed by atoms with E-state index >= 15 is 0 Å². The molecule has 1 aliphatic heterocycles. The van der Waals surface area contributed by atoms with E-state index in [0.717, 1.165) is 35.4 Å². The van der Waals surface area contributed by atoms with E-state index in [9.17, 15) is 9.18 Å². The maximum atomic E-state index is 14.8. The predicted molar refractivity (Wildman–Crippen MR) is 122 cm³/mol. The SMILES string of the molecule is CCCN1c2cc(F)c(/C=N/NC(=O)CCc3ccccc3)cc2C(C)=CC1(C)C. The Bertz CT molecular complexity index is 964. The lowest BCUT2D eigenvalue weighted by molar-refractivity contribution is -0.121. The fourth-order valence-corrected chi connectivity index (χ4v) is 3.98. The number of halogens is 1. The fourth-order valence-electron chi connectivity index (χ4n) is 3.98. The van der Waals surface area contributed by atoms with Crippen LogP contribution in [0, 0.1) is 5.82 Å². The molecule has 1 aliphatic rings. The number of fused-ring (bicyclic) bond motifs is 1. The molecule has 2 aromatic carbocycles. The van der Waals surface area contributed by atoms with Gasteiger partial charge < -0.3 is 4.90 Å². The summed E-state index contributed by atoms with van der Waals surface area (Å²) < 4.78 is 14.8. The predicted octanol–water partition coefficient (Wildman–Crippen LogP) is 5.32. The molecule has 2 aromatic rings. The minimum absolute atomic E-state index is 0.165. The number of hydrogen-bond donors (Lipinski definition) is 1. The number of allylic oxidation sites excluding steroid dienone is 1. The summed E-state index contributed by atoms with van der Waals surface area (Å²) in [6.07, 6.45) is 5.55. The molecule has 5 heteroatoms. The number of nitrogens with one attached hydrogen (secondary N) is 1.